The van der Waals surface area contributed by atoms with Crippen LogP contribution in [0.2, 0.25) is 0 Å². The van der Waals surface area contributed by atoms with Gasteiger partial charge >= 0.3 is 12.0 Å². The zero-order chi connectivity index (χ0) is 15.9. The molecule has 6 nitrogen and oxygen atoms in total. The third-order valence-corrected chi connectivity index (χ3v) is 3.40. The van der Waals surface area contributed by atoms with Gasteiger partial charge in [0.1, 0.15) is 13.1 Å². The van der Waals surface area contributed by atoms with E-state index in [2.05, 4.69) is 22.8 Å². The summed E-state index contributed by atoms with van der Waals surface area (Å²) in [6.07, 6.45) is 0. The first-order valence-corrected chi connectivity index (χ1v) is 7.39. The summed E-state index contributed by atoms with van der Waals surface area (Å²) in [5.41, 5.74) is 2.34. The van der Waals surface area contributed by atoms with Crippen molar-refractivity contribution in [1.82, 2.24) is 10.6 Å². The molecule has 1 atom stereocenters. The fraction of sp³-hybridized carbons (Fsp3) is 0.375. The molecule has 0 bridgehead atoms. The number of carbonyl (C=O) groups excluding carboxylic acids is 2. The van der Waals surface area contributed by atoms with Gasteiger partial charge < -0.3 is 20.3 Å². The van der Waals surface area contributed by atoms with Gasteiger partial charge in [0.25, 0.3) is 0 Å². The molecule has 6 heteroatoms. The van der Waals surface area contributed by atoms with E-state index in [4.69, 9.17) is 4.74 Å². The average Bonchev–Trinajstić information content (AvgIpc) is 2.48. The van der Waals surface area contributed by atoms with Gasteiger partial charge in [0.15, 0.2) is 0 Å². The number of quaternary nitrogens is 1. The van der Waals surface area contributed by atoms with Gasteiger partial charge in [-0.25, -0.2) is 9.59 Å². The van der Waals surface area contributed by atoms with Crippen LogP contribution >= 0.6 is 0 Å². The van der Waals surface area contributed by atoms with Crippen LogP contribution < -0.4 is 15.5 Å². The lowest BCUT2D eigenvalue weighted by Gasteiger charge is -2.23. The number of rotatable bonds is 6. The number of urea groups is 1. The Labute approximate surface area is 130 Å². The van der Waals surface area contributed by atoms with E-state index in [0.29, 0.717) is 24.4 Å². The molecule has 1 aromatic rings. The molecule has 3 N–H and O–H groups in total. The van der Waals surface area contributed by atoms with E-state index >= 15 is 0 Å². The van der Waals surface area contributed by atoms with Crippen molar-refractivity contribution in [1.29, 1.82) is 0 Å². The molecule has 0 spiro atoms. The largest absolute Gasteiger partial charge is 0.463 e. The molecule has 2 rings (SSSR count). The molecule has 1 unspecified atom stereocenters. The van der Waals surface area contributed by atoms with Gasteiger partial charge in [0, 0.05) is 5.56 Å². The highest BCUT2D eigenvalue weighted by Gasteiger charge is 2.25. The molecule has 1 aromatic carbocycles. The van der Waals surface area contributed by atoms with Crippen LogP contribution in [0, 0.1) is 0 Å². The second-order valence-electron chi connectivity index (χ2n) is 5.28. The van der Waals surface area contributed by atoms with Crippen LogP contribution in [0.4, 0.5) is 4.79 Å². The number of hydrogen-bond acceptors (Lipinski definition) is 3. The minimum absolute atomic E-state index is 0.207. The van der Waals surface area contributed by atoms with Crippen LogP contribution in [0.3, 0.4) is 0 Å². The fourth-order valence-electron chi connectivity index (χ4n) is 2.41. The summed E-state index contributed by atoms with van der Waals surface area (Å²) in [4.78, 5) is 24.7. The Kier molecular flexibility index (Phi) is 5.55. The Morgan fingerprint density at radius 2 is 2.00 bits per heavy atom. The van der Waals surface area contributed by atoms with Crippen LogP contribution in [-0.4, -0.2) is 38.7 Å². The lowest BCUT2D eigenvalue weighted by Crippen LogP contribution is -3.08. The van der Waals surface area contributed by atoms with E-state index in [0.717, 1.165) is 6.54 Å². The molecule has 0 saturated carbocycles. The fourth-order valence-corrected chi connectivity index (χ4v) is 2.41. The molecule has 2 amide bonds. The first-order valence-electron chi connectivity index (χ1n) is 7.39. The second kappa shape index (κ2) is 7.61. The van der Waals surface area contributed by atoms with E-state index in [1.54, 1.807) is 6.92 Å². The zero-order valence-electron chi connectivity index (χ0n) is 12.9. The summed E-state index contributed by atoms with van der Waals surface area (Å²) in [6.45, 7) is 3.65. The topological polar surface area (TPSA) is 71.9 Å². The van der Waals surface area contributed by atoms with Gasteiger partial charge in [0.2, 0.25) is 0 Å². The Bertz CT molecular complexity index is 569. The van der Waals surface area contributed by atoms with Crippen molar-refractivity contribution in [3.05, 3.63) is 47.2 Å². The maximum atomic E-state index is 12.0. The van der Waals surface area contributed by atoms with Crippen molar-refractivity contribution in [3.63, 3.8) is 0 Å². The lowest BCUT2D eigenvalue weighted by molar-refractivity contribution is -0.889. The van der Waals surface area contributed by atoms with Crippen LogP contribution in [-0.2, 0) is 16.1 Å². The number of ether oxygens (including phenoxy) is 1. The van der Waals surface area contributed by atoms with E-state index in [9.17, 15) is 9.59 Å². The molecule has 1 heterocycles. The van der Waals surface area contributed by atoms with Crippen molar-refractivity contribution in [2.45, 2.75) is 13.5 Å². The summed E-state index contributed by atoms with van der Waals surface area (Å²) in [5.74, 6) is -0.377. The van der Waals surface area contributed by atoms with Crippen molar-refractivity contribution >= 4 is 12.0 Å². The molecular formula is C16H22N3O3+. The van der Waals surface area contributed by atoms with Crippen LogP contribution in [0.1, 0.15) is 12.5 Å². The molecule has 22 heavy (non-hydrogen) atoms. The number of carbonyl (C=O) groups is 2. The van der Waals surface area contributed by atoms with E-state index in [1.165, 1.54) is 10.5 Å². The Balaban J connectivity index is 2.08. The molecular weight excluding hydrogens is 282 g/mol. The van der Waals surface area contributed by atoms with E-state index < -0.39 is 0 Å². The number of hydrogen-bond donors (Lipinski definition) is 3. The van der Waals surface area contributed by atoms with Crippen molar-refractivity contribution in [3.8, 4) is 0 Å². The number of likely N-dealkylation sites (N-methyl/N-ethyl adjacent to an activating group) is 1. The van der Waals surface area contributed by atoms with E-state index in [1.807, 2.05) is 25.2 Å². The van der Waals surface area contributed by atoms with Crippen molar-refractivity contribution in [2.24, 2.45) is 0 Å². The van der Waals surface area contributed by atoms with Crippen molar-refractivity contribution in [2.75, 3.05) is 26.7 Å². The Morgan fingerprint density at radius 3 is 2.68 bits per heavy atom. The third-order valence-electron chi connectivity index (χ3n) is 3.40. The highest BCUT2D eigenvalue weighted by Crippen LogP contribution is 2.06. The van der Waals surface area contributed by atoms with Gasteiger partial charge in [-0.05, 0) is 6.92 Å². The maximum Gasteiger partial charge on any atom is 0.337 e. The molecule has 0 radical (unpaired) electrons. The molecule has 0 aromatic heterocycles. The SMILES string of the molecule is CCOC(=O)C1=C(C[NH+](C)Cc2ccccc2)NC(=O)NC1. The predicted molar refractivity (Wildman–Crippen MR) is 82.1 cm³/mol. The van der Waals surface area contributed by atoms with Crippen LogP contribution in [0.5, 0.6) is 0 Å². The number of benzene rings is 1. The third kappa shape index (κ3) is 4.33. The molecule has 1 aliphatic rings. The van der Waals surface area contributed by atoms with Gasteiger partial charge in [-0.15, -0.1) is 0 Å². The van der Waals surface area contributed by atoms with Gasteiger partial charge in [-0.2, -0.15) is 0 Å². The monoisotopic (exact) mass is 304 g/mol. The molecule has 118 valence electrons. The summed E-state index contributed by atoms with van der Waals surface area (Å²) in [6, 6.07) is 9.82. The first kappa shape index (κ1) is 16.0. The van der Waals surface area contributed by atoms with Crippen LogP contribution in [0.25, 0.3) is 0 Å². The first-order chi connectivity index (χ1) is 10.6. The standard InChI is InChI=1S/C16H21N3O3/c1-3-22-15(20)13-9-17-16(21)18-14(13)11-19(2)10-12-7-5-4-6-8-12/h4-8H,3,9-11H2,1-2H3,(H2,17,18,21)/p+1. The summed E-state index contributed by atoms with van der Waals surface area (Å²) >= 11 is 0. The number of nitrogens with one attached hydrogen (secondary N) is 3. The van der Waals surface area contributed by atoms with Gasteiger partial charge in [-0.3, -0.25) is 0 Å². The quantitative estimate of drug-likeness (QED) is 0.639. The number of esters is 1. The minimum atomic E-state index is -0.377. The second-order valence-corrected chi connectivity index (χ2v) is 5.28. The minimum Gasteiger partial charge on any atom is -0.463 e. The Hall–Kier alpha value is -2.34. The highest BCUT2D eigenvalue weighted by atomic mass is 16.5. The van der Waals surface area contributed by atoms with Crippen LogP contribution in [0.15, 0.2) is 41.6 Å². The normalized spacial score (nSPS) is 15.8. The molecule has 0 fully saturated rings. The van der Waals surface area contributed by atoms with Gasteiger partial charge in [-0.1, -0.05) is 30.3 Å². The summed E-state index contributed by atoms with van der Waals surface area (Å²) < 4.78 is 5.05. The Morgan fingerprint density at radius 1 is 1.27 bits per heavy atom. The lowest BCUT2D eigenvalue weighted by atomic mass is 10.1. The maximum absolute atomic E-state index is 12.0. The molecule has 0 aliphatic carbocycles. The van der Waals surface area contributed by atoms with Gasteiger partial charge in [0.05, 0.1) is 31.5 Å². The smallest absolute Gasteiger partial charge is 0.337 e. The van der Waals surface area contributed by atoms with Crippen molar-refractivity contribution < 1.29 is 19.2 Å². The number of amides is 2. The summed E-state index contributed by atoms with van der Waals surface area (Å²) in [7, 11) is 2.02. The highest BCUT2D eigenvalue weighted by molar-refractivity contribution is 5.93. The summed E-state index contributed by atoms with van der Waals surface area (Å²) in [5, 5.41) is 5.34. The molecule has 1 aliphatic heterocycles. The van der Waals surface area contributed by atoms with E-state index in [-0.39, 0.29) is 18.5 Å². The average molecular weight is 304 g/mol. The predicted octanol–water partition coefficient (Wildman–Crippen LogP) is -0.169. The molecule has 0 saturated heterocycles. The zero-order valence-corrected chi connectivity index (χ0v) is 12.9.